The van der Waals surface area contributed by atoms with Crippen molar-refractivity contribution in [3.8, 4) is 11.5 Å². The van der Waals surface area contributed by atoms with Crippen molar-refractivity contribution >= 4 is 45.7 Å². The van der Waals surface area contributed by atoms with Gasteiger partial charge in [0.1, 0.15) is 22.9 Å². The highest BCUT2D eigenvalue weighted by Gasteiger charge is 2.18. The molecule has 0 aliphatic rings. The minimum Gasteiger partial charge on any atom is -0.478 e. The van der Waals surface area contributed by atoms with Gasteiger partial charge in [0.2, 0.25) is 0 Å². The van der Waals surface area contributed by atoms with Crippen LogP contribution in [0, 0.1) is 0 Å². The van der Waals surface area contributed by atoms with Crippen LogP contribution in [0.2, 0.25) is 0 Å². The molecule has 4 rings (SSSR count). The molecule has 4 aromatic rings. The maximum absolute atomic E-state index is 11.6. The zero-order valence-electron chi connectivity index (χ0n) is 16.3. The molecule has 4 N–H and O–H groups in total. The van der Waals surface area contributed by atoms with Crippen molar-refractivity contribution in [3.05, 3.63) is 71.0 Å². The Balaban J connectivity index is 1.79. The fraction of sp³-hybridized carbons (Fsp3) is 0. The van der Waals surface area contributed by atoms with Gasteiger partial charge in [-0.05, 0) is 48.5 Å². The molecule has 0 unspecified atom stereocenters. The highest BCUT2D eigenvalue weighted by atomic mass is 16.5. The average molecular weight is 448 g/mol. The summed E-state index contributed by atoms with van der Waals surface area (Å²) in [7, 11) is 0. The predicted molar refractivity (Wildman–Crippen MR) is 111 cm³/mol. The molecule has 11 nitrogen and oxygen atoms in total. The predicted octanol–water partition coefficient (Wildman–Crippen LogP) is 3.37. The first-order valence-corrected chi connectivity index (χ1v) is 9.14. The SMILES string of the molecule is O=C(O)c1cc(C(=O)O)c2cc(Oc3ccc4nc(C(=O)O)cc(C(=O)O)c4c3)ccc2n1. The van der Waals surface area contributed by atoms with Crippen LogP contribution >= 0.6 is 0 Å². The van der Waals surface area contributed by atoms with E-state index in [1.54, 1.807) is 0 Å². The second kappa shape index (κ2) is 7.89. The first-order valence-electron chi connectivity index (χ1n) is 9.14. The number of benzene rings is 2. The molecule has 0 saturated heterocycles. The molecule has 164 valence electrons. The molecule has 33 heavy (non-hydrogen) atoms. The van der Waals surface area contributed by atoms with E-state index in [1.807, 2.05) is 0 Å². The lowest BCUT2D eigenvalue weighted by Gasteiger charge is -2.11. The summed E-state index contributed by atoms with van der Waals surface area (Å²) in [5.41, 5.74) is -1.12. The van der Waals surface area contributed by atoms with Crippen LogP contribution < -0.4 is 4.74 Å². The van der Waals surface area contributed by atoms with E-state index in [-0.39, 0.29) is 44.4 Å². The van der Waals surface area contributed by atoms with Crippen LogP contribution in [0.1, 0.15) is 41.7 Å². The molecule has 11 heteroatoms. The molecule has 0 spiro atoms. The molecule has 2 aromatic heterocycles. The largest absolute Gasteiger partial charge is 0.478 e. The van der Waals surface area contributed by atoms with Crippen LogP contribution in [0.5, 0.6) is 11.5 Å². The van der Waals surface area contributed by atoms with Crippen molar-refractivity contribution in [2.24, 2.45) is 0 Å². The molecular formula is C22H12N2O9. The molecule has 0 bridgehead atoms. The van der Waals surface area contributed by atoms with E-state index in [1.165, 1.54) is 36.4 Å². The number of carbonyl (C=O) groups is 4. The smallest absolute Gasteiger partial charge is 0.354 e. The summed E-state index contributed by atoms with van der Waals surface area (Å²) in [6.45, 7) is 0. The van der Waals surface area contributed by atoms with Crippen molar-refractivity contribution in [2.45, 2.75) is 0 Å². The van der Waals surface area contributed by atoms with E-state index in [2.05, 4.69) is 9.97 Å². The zero-order chi connectivity index (χ0) is 23.9. The molecule has 0 fully saturated rings. The van der Waals surface area contributed by atoms with Gasteiger partial charge in [0, 0.05) is 10.8 Å². The first kappa shape index (κ1) is 21.2. The van der Waals surface area contributed by atoms with Gasteiger partial charge >= 0.3 is 23.9 Å². The third kappa shape index (κ3) is 3.97. The van der Waals surface area contributed by atoms with Gasteiger partial charge in [-0.15, -0.1) is 0 Å². The van der Waals surface area contributed by atoms with Crippen molar-refractivity contribution in [2.75, 3.05) is 0 Å². The standard InChI is InChI=1S/C22H12N2O9/c25-19(26)13-7-17(21(29)30)23-15-3-1-9(5-11(13)15)33-10-2-4-16-12(6-10)14(20(27)28)8-18(24-16)22(31)32/h1-8H,(H,25,26)(H,27,28)(H,29,30)(H,31,32). The lowest BCUT2D eigenvalue weighted by molar-refractivity contribution is 0.0673. The molecular weight excluding hydrogens is 436 g/mol. The molecule has 0 saturated carbocycles. The molecule has 0 radical (unpaired) electrons. The van der Waals surface area contributed by atoms with E-state index in [0.717, 1.165) is 12.1 Å². The number of nitrogens with zero attached hydrogens (tertiary/aromatic N) is 2. The quantitative estimate of drug-likeness (QED) is 0.339. The monoisotopic (exact) mass is 448 g/mol. The lowest BCUT2D eigenvalue weighted by atomic mass is 10.1. The number of carboxylic acids is 4. The molecule has 2 heterocycles. The summed E-state index contributed by atoms with van der Waals surface area (Å²) in [5, 5.41) is 37.5. The first-order chi connectivity index (χ1) is 15.6. The Hall–Kier alpha value is -5.06. The Morgan fingerprint density at radius 3 is 1.30 bits per heavy atom. The maximum Gasteiger partial charge on any atom is 0.354 e. The van der Waals surface area contributed by atoms with E-state index < -0.39 is 35.3 Å². The zero-order valence-corrected chi connectivity index (χ0v) is 16.3. The number of carboxylic acid groups (broad SMARTS) is 4. The molecule has 0 aliphatic heterocycles. The Labute approximate surface area is 183 Å². The van der Waals surface area contributed by atoms with Gasteiger partial charge in [-0.3, -0.25) is 0 Å². The van der Waals surface area contributed by atoms with Crippen molar-refractivity contribution in [1.82, 2.24) is 9.97 Å². The number of aromatic nitrogens is 2. The third-order valence-electron chi connectivity index (χ3n) is 4.70. The van der Waals surface area contributed by atoms with Crippen molar-refractivity contribution in [3.63, 3.8) is 0 Å². The number of hydrogen-bond donors (Lipinski definition) is 4. The normalized spacial score (nSPS) is 10.8. The average Bonchev–Trinajstić information content (AvgIpc) is 2.77. The summed E-state index contributed by atoms with van der Waals surface area (Å²) in [6.07, 6.45) is 0. The fourth-order valence-corrected chi connectivity index (χ4v) is 3.25. The minimum absolute atomic E-state index is 0.136. The van der Waals surface area contributed by atoms with E-state index in [9.17, 15) is 29.4 Å². The Morgan fingerprint density at radius 2 is 0.970 bits per heavy atom. The second-order valence-electron chi connectivity index (χ2n) is 6.79. The van der Waals surface area contributed by atoms with Crippen LogP contribution in [-0.4, -0.2) is 54.3 Å². The van der Waals surface area contributed by atoms with Gasteiger partial charge in [0.05, 0.1) is 22.2 Å². The number of rotatable bonds is 6. The highest BCUT2D eigenvalue weighted by molar-refractivity contribution is 6.06. The lowest BCUT2D eigenvalue weighted by Crippen LogP contribution is -2.06. The van der Waals surface area contributed by atoms with Gasteiger partial charge in [0.25, 0.3) is 0 Å². The van der Waals surface area contributed by atoms with E-state index in [4.69, 9.17) is 14.9 Å². The van der Waals surface area contributed by atoms with Crippen LogP contribution in [0.4, 0.5) is 0 Å². The van der Waals surface area contributed by atoms with Crippen LogP contribution in [0.25, 0.3) is 21.8 Å². The summed E-state index contributed by atoms with van der Waals surface area (Å²) in [6, 6.07) is 10.3. The third-order valence-corrected chi connectivity index (χ3v) is 4.70. The molecule has 0 amide bonds. The summed E-state index contributed by atoms with van der Waals surface area (Å²) < 4.78 is 5.75. The van der Waals surface area contributed by atoms with Crippen molar-refractivity contribution in [1.29, 1.82) is 0 Å². The Morgan fingerprint density at radius 1 is 0.576 bits per heavy atom. The maximum atomic E-state index is 11.6. The summed E-state index contributed by atoms with van der Waals surface area (Å²) in [5.74, 6) is -5.07. The molecule has 0 atom stereocenters. The Bertz CT molecular complexity index is 1400. The number of aromatic carboxylic acids is 4. The highest BCUT2D eigenvalue weighted by Crippen LogP contribution is 2.30. The molecule has 0 aliphatic carbocycles. The minimum atomic E-state index is -1.37. The molecule has 2 aromatic carbocycles. The fourth-order valence-electron chi connectivity index (χ4n) is 3.25. The number of fused-ring (bicyclic) bond motifs is 2. The van der Waals surface area contributed by atoms with E-state index in [0.29, 0.717) is 0 Å². The van der Waals surface area contributed by atoms with Gasteiger partial charge in [0.15, 0.2) is 0 Å². The summed E-state index contributed by atoms with van der Waals surface area (Å²) >= 11 is 0. The second-order valence-corrected chi connectivity index (χ2v) is 6.79. The van der Waals surface area contributed by atoms with E-state index >= 15 is 0 Å². The van der Waals surface area contributed by atoms with Gasteiger partial charge in [-0.25, -0.2) is 29.1 Å². The van der Waals surface area contributed by atoms with Gasteiger partial charge < -0.3 is 25.2 Å². The van der Waals surface area contributed by atoms with Crippen LogP contribution in [0.15, 0.2) is 48.5 Å². The topological polar surface area (TPSA) is 184 Å². The summed E-state index contributed by atoms with van der Waals surface area (Å²) in [4.78, 5) is 53.5. The van der Waals surface area contributed by atoms with Crippen molar-refractivity contribution < 1.29 is 44.3 Å². The van der Waals surface area contributed by atoms with Gasteiger partial charge in [-0.2, -0.15) is 0 Å². The Kier molecular flexibility index (Phi) is 5.06. The number of hydrogen-bond acceptors (Lipinski definition) is 7. The number of pyridine rings is 2. The van der Waals surface area contributed by atoms with Crippen LogP contribution in [-0.2, 0) is 0 Å². The van der Waals surface area contributed by atoms with Crippen LogP contribution in [0.3, 0.4) is 0 Å². The van der Waals surface area contributed by atoms with Gasteiger partial charge in [-0.1, -0.05) is 0 Å². The number of ether oxygens (including phenoxy) is 1.